The minimum absolute atomic E-state index is 0.0769. The number of aliphatic carboxylic acids is 1. The topological polar surface area (TPSA) is 56.7 Å². The smallest absolute Gasteiger partial charge is 0.305 e. The summed E-state index contributed by atoms with van der Waals surface area (Å²) in [6, 6.07) is -0.159. The van der Waals surface area contributed by atoms with E-state index in [1.54, 1.807) is 6.20 Å². The highest BCUT2D eigenvalue weighted by molar-refractivity contribution is 7.15. The van der Waals surface area contributed by atoms with Gasteiger partial charge in [-0.05, 0) is 7.05 Å². The molecule has 0 spiro atoms. The molecule has 1 aromatic heterocycles. The lowest BCUT2D eigenvalue weighted by Crippen LogP contribution is -2.46. The van der Waals surface area contributed by atoms with E-state index in [4.69, 9.17) is 16.7 Å². The monoisotopic (exact) mass is 289 g/mol. The van der Waals surface area contributed by atoms with Crippen molar-refractivity contribution in [1.29, 1.82) is 0 Å². The number of aromatic nitrogens is 1. The van der Waals surface area contributed by atoms with Gasteiger partial charge in [-0.15, -0.1) is 11.3 Å². The minimum Gasteiger partial charge on any atom is -0.481 e. The quantitative estimate of drug-likeness (QED) is 0.912. The first-order valence-electron chi connectivity index (χ1n) is 5.82. The van der Waals surface area contributed by atoms with Gasteiger partial charge in [-0.3, -0.25) is 9.69 Å². The van der Waals surface area contributed by atoms with E-state index in [1.807, 2.05) is 0 Å². The molecule has 0 aliphatic carbocycles. The van der Waals surface area contributed by atoms with E-state index < -0.39 is 5.97 Å². The van der Waals surface area contributed by atoms with Gasteiger partial charge < -0.3 is 10.0 Å². The Morgan fingerprint density at radius 3 is 2.72 bits per heavy atom. The van der Waals surface area contributed by atoms with E-state index in [0.29, 0.717) is 4.34 Å². The number of hydrogen-bond acceptors (Lipinski definition) is 5. The lowest BCUT2D eigenvalue weighted by atomic mass is 10.1. The van der Waals surface area contributed by atoms with Crippen LogP contribution in [0.15, 0.2) is 6.20 Å². The molecule has 1 aliphatic rings. The summed E-state index contributed by atoms with van der Waals surface area (Å²) in [5.41, 5.74) is 0. The first-order valence-corrected chi connectivity index (χ1v) is 7.01. The summed E-state index contributed by atoms with van der Waals surface area (Å²) >= 11 is 7.25. The number of piperazine rings is 1. The fraction of sp³-hybridized carbons (Fsp3) is 0.636. The minimum atomic E-state index is -0.801. The second-order valence-corrected chi connectivity index (χ2v) is 6.15. The lowest BCUT2D eigenvalue weighted by Gasteiger charge is -2.36. The number of likely N-dealkylation sites (N-methyl/N-ethyl adjacent to an activating group) is 1. The van der Waals surface area contributed by atoms with Gasteiger partial charge in [-0.25, -0.2) is 4.98 Å². The van der Waals surface area contributed by atoms with Crippen molar-refractivity contribution in [2.75, 3.05) is 33.2 Å². The van der Waals surface area contributed by atoms with Gasteiger partial charge in [-0.1, -0.05) is 11.6 Å². The fourth-order valence-electron chi connectivity index (χ4n) is 2.09. The normalized spacial score (nSPS) is 19.9. The Balaban J connectivity index is 2.12. The van der Waals surface area contributed by atoms with E-state index >= 15 is 0 Å². The van der Waals surface area contributed by atoms with E-state index in [-0.39, 0.29) is 12.5 Å². The van der Waals surface area contributed by atoms with E-state index in [1.165, 1.54) is 11.3 Å². The molecule has 1 saturated heterocycles. The molecule has 100 valence electrons. The second-order valence-electron chi connectivity index (χ2n) is 4.46. The maximum Gasteiger partial charge on any atom is 0.305 e. The van der Waals surface area contributed by atoms with Crippen molar-refractivity contribution in [2.24, 2.45) is 0 Å². The maximum atomic E-state index is 11.0. The molecule has 2 rings (SSSR count). The molecule has 0 radical (unpaired) electrons. The molecule has 1 fully saturated rings. The standard InChI is InChI=1S/C11H16ClN3O2S/c1-14-2-4-15(5-3-14)8(6-10(16)17)11-13-7-9(12)18-11/h7-8H,2-6H2,1H3,(H,16,17). The van der Waals surface area contributed by atoms with E-state index in [2.05, 4.69) is 21.8 Å². The number of thiazole rings is 1. The SMILES string of the molecule is CN1CCN(C(CC(=O)O)c2ncc(Cl)s2)CC1. The summed E-state index contributed by atoms with van der Waals surface area (Å²) in [6.45, 7) is 3.64. The third-order valence-electron chi connectivity index (χ3n) is 3.13. The van der Waals surface area contributed by atoms with Crippen molar-refractivity contribution in [3.63, 3.8) is 0 Å². The van der Waals surface area contributed by atoms with Crippen LogP contribution in [0.2, 0.25) is 4.34 Å². The summed E-state index contributed by atoms with van der Waals surface area (Å²) in [6.07, 6.45) is 1.67. The van der Waals surface area contributed by atoms with Crippen molar-refractivity contribution < 1.29 is 9.90 Å². The number of halogens is 1. The highest BCUT2D eigenvalue weighted by Gasteiger charge is 2.28. The Bertz CT molecular complexity index is 418. The Morgan fingerprint density at radius 1 is 1.56 bits per heavy atom. The Labute approximate surface area is 115 Å². The number of rotatable bonds is 4. The highest BCUT2D eigenvalue weighted by atomic mass is 35.5. The number of carboxylic acids is 1. The predicted molar refractivity (Wildman–Crippen MR) is 71.2 cm³/mol. The molecule has 0 bridgehead atoms. The van der Waals surface area contributed by atoms with Crippen LogP contribution < -0.4 is 0 Å². The molecule has 0 aromatic carbocycles. The van der Waals surface area contributed by atoms with Gasteiger partial charge >= 0.3 is 5.97 Å². The van der Waals surface area contributed by atoms with Gasteiger partial charge in [0.2, 0.25) is 0 Å². The van der Waals surface area contributed by atoms with Crippen LogP contribution in [0, 0.1) is 0 Å². The van der Waals surface area contributed by atoms with Gasteiger partial charge in [0.25, 0.3) is 0 Å². The summed E-state index contributed by atoms with van der Waals surface area (Å²) in [5, 5.41) is 9.84. The van der Waals surface area contributed by atoms with Gasteiger partial charge in [0.15, 0.2) is 0 Å². The molecule has 5 nitrogen and oxygen atoms in total. The lowest BCUT2D eigenvalue weighted by molar-refractivity contribution is -0.138. The third-order valence-corrected chi connectivity index (χ3v) is 4.34. The third kappa shape index (κ3) is 3.41. The predicted octanol–water partition coefficient (Wildman–Crippen LogP) is 1.56. The van der Waals surface area contributed by atoms with E-state index in [0.717, 1.165) is 31.2 Å². The largest absolute Gasteiger partial charge is 0.481 e. The first-order chi connectivity index (χ1) is 8.56. The molecule has 1 aromatic rings. The molecular weight excluding hydrogens is 274 g/mol. The van der Waals surface area contributed by atoms with Crippen LogP contribution in [0.3, 0.4) is 0 Å². The van der Waals surface area contributed by atoms with Gasteiger partial charge in [0.1, 0.15) is 9.34 Å². The van der Waals surface area contributed by atoms with Crippen molar-refractivity contribution in [3.8, 4) is 0 Å². The van der Waals surface area contributed by atoms with Crippen LogP contribution in [0.25, 0.3) is 0 Å². The van der Waals surface area contributed by atoms with E-state index in [9.17, 15) is 4.79 Å². The Hall–Kier alpha value is -0.690. The molecule has 18 heavy (non-hydrogen) atoms. The first kappa shape index (κ1) is 13.7. The molecule has 0 amide bonds. The van der Waals surface area contributed by atoms with Gasteiger partial charge in [0.05, 0.1) is 18.7 Å². The van der Waals surface area contributed by atoms with Crippen LogP contribution >= 0.6 is 22.9 Å². The zero-order valence-electron chi connectivity index (χ0n) is 10.2. The fourth-order valence-corrected chi connectivity index (χ4v) is 3.16. The maximum absolute atomic E-state index is 11.0. The molecular formula is C11H16ClN3O2S. The zero-order valence-corrected chi connectivity index (χ0v) is 11.7. The highest BCUT2D eigenvalue weighted by Crippen LogP contribution is 2.30. The zero-order chi connectivity index (χ0) is 13.1. The van der Waals surface area contributed by atoms with Crippen molar-refractivity contribution in [2.45, 2.75) is 12.5 Å². The van der Waals surface area contributed by atoms with Gasteiger partial charge in [0, 0.05) is 26.2 Å². The van der Waals surface area contributed by atoms with Crippen molar-refractivity contribution in [1.82, 2.24) is 14.8 Å². The summed E-state index contributed by atoms with van der Waals surface area (Å²) in [7, 11) is 2.07. The molecule has 0 saturated carbocycles. The molecule has 2 heterocycles. The molecule has 1 unspecified atom stereocenters. The number of nitrogens with zero attached hydrogens (tertiary/aromatic N) is 3. The molecule has 1 aliphatic heterocycles. The summed E-state index contributed by atoms with van der Waals surface area (Å²) < 4.78 is 0.606. The number of hydrogen-bond donors (Lipinski definition) is 1. The number of carbonyl (C=O) groups is 1. The van der Waals surface area contributed by atoms with Crippen LogP contribution in [-0.2, 0) is 4.79 Å². The van der Waals surface area contributed by atoms with Crippen LogP contribution in [-0.4, -0.2) is 59.1 Å². The van der Waals surface area contributed by atoms with Crippen LogP contribution in [0.1, 0.15) is 17.5 Å². The Kier molecular flexibility index (Phi) is 4.55. The molecule has 7 heteroatoms. The van der Waals surface area contributed by atoms with Crippen molar-refractivity contribution in [3.05, 3.63) is 15.5 Å². The van der Waals surface area contributed by atoms with Crippen molar-refractivity contribution >= 4 is 28.9 Å². The molecule has 1 N–H and O–H groups in total. The van der Waals surface area contributed by atoms with Gasteiger partial charge in [-0.2, -0.15) is 0 Å². The Morgan fingerprint density at radius 2 is 2.22 bits per heavy atom. The average molecular weight is 290 g/mol. The summed E-state index contributed by atoms with van der Waals surface area (Å²) in [4.78, 5) is 19.7. The number of carboxylic acid groups (broad SMARTS) is 1. The van der Waals surface area contributed by atoms with Crippen LogP contribution in [0.4, 0.5) is 0 Å². The van der Waals surface area contributed by atoms with Crippen LogP contribution in [0.5, 0.6) is 0 Å². The average Bonchev–Trinajstić information content (AvgIpc) is 2.74. The second kappa shape index (κ2) is 5.97. The molecule has 1 atom stereocenters. The summed E-state index contributed by atoms with van der Waals surface area (Å²) in [5.74, 6) is -0.801.